The van der Waals surface area contributed by atoms with E-state index in [0.717, 1.165) is 11.1 Å². The van der Waals surface area contributed by atoms with Gasteiger partial charge in [-0.1, -0.05) is 42.5 Å². The van der Waals surface area contributed by atoms with Gasteiger partial charge in [-0.25, -0.2) is 9.64 Å². The lowest BCUT2D eigenvalue weighted by Crippen LogP contribution is -2.11. The van der Waals surface area contributed by atoms with Crippen LogP contribution in [0.25, 0.3) is 27.1 Å². The van der Waals surface area contributed by atoms with Gasteiger partial charge in [-0.2, -0.15) is 5.26 Å². The first kappa shape index (κ1) is 20.3. The molecular weight excluding hydrogens is 382 g/mol. The van der Waals surface area contributed by atoms with Gasteiger partial charge in [0.2, 0.25) is 5.69 Å². The van der Waals surface area contributed by atoms with Crippen molar-refractivity contribution in [3.63, 3.8) is 0 Å². The van der Waals surface area contributed by atoms with E-state index in [-0.39, 0.29) is 23.7 Å². The lowest BCUT2D eigenvalue weighted by atomic mass is 9.99. The number of hydrogen-bond donors (Lipinski definition) is 0. The number of carbonyl (C=O) groups excluding carboxylic acids is 1. The Kier molecular flexibility index (Phi) is 6.07. The van der Waals surface area contributed by atoms with Crippen LogP contribution >= 0.6 is 11.8 Å². The van der Waals surface area contributed by atoms with E-state index in [4.69, 9.17) is 11.3 Å². The summed E-state index contributed by atoms with van der Waals surface area (Å²) < 4.78 is 6.62. The van der Waals surface area contributed by atoms with Crippen molar-refractivity contribution in [1.29, 1.82) is 5.26 Å². The van der Waals surface area contributed by atoms with Crippen LogP contribution in [0.5, 0.6) is 0 Å². The fourth-order valence-corrected chi connectivity index (χ4v) is 3.94. The summed E-state index contributed by atoms with van der Waals surface area (Å²) in [4.78, 5) is 17.3. The molecular formula is C23H19N3O2S. The van der Waals surface area contributed by atoms with Gasteiger partial charge in [0.25, 0.3) is 0 Å². The molecule has 144 valence electrons. The van der Waals surface area contributed by atoms with Crippen molar-refractivity contribution >= 4 is 23.4 Å². The Hall–Kier alpha value is -3.48. The van der Waals surface area contributed by atoms with Crippen LogP contribution in [-0.4, -0.2) is 23.4 Å². The quantitative estimate of drug-likeness (QED) is 0.313. The van der Waals surface area contributed by atoms with E-state index < -0.39 is 5.97 Å². The van der Waals surface area contributed by atoms with Gasteiger partial charge in [0, 0.05) is 17.5 Å². The number of aromatic nitrogens is 1. The van der Waals surface area contributed by atoms with Crippen LogP contribution in [0.15, 0.2) is 53.4 Å². The normalized spacial score (nSPS) is 10.2. The Morgan fingerprint density at radius 3 is 2.45 bits per heavy atom. The number of esters is 1. The third-order valence-corrected chi connectivity index (χ3v) is 5.44. The van der Waals surface area contributed by atoms with Gasteiger partial charge in [-0.3, -0.25) is 0 Å². The van der Waals surface area contributed by atoms with E-state index in [1.807, 2.05) is 48.7 Å². The molecule has 0 aliphatic rings. The Morgan fingerprint density at radius 2 is 1.86 bits per heavy atom. The van der Waals surface area contributed by atoms with Crippen molar-refractivity contribution in [1.82, 2.24) is 4.57 Å². The van der Waals surface area contributed by atoms with Crippen molar-refractivity contribution in [2.75, 3.05) is 12.9 Å². The molecule has 6 heteroatoms. The number of ether oxygens (including phenoxy) is 1. The summed E-state index contributed by atoms with van der Waals surface area (Å²) >= 11 is 1.68. The standard InChI is InChI=1S/C23H19N3O2S/c1-5-28-23(27)22-20(21(25-2)18(14-24)26(22)3)16-12-10-15(11-13-16)17-8-6-7-9-19(17)29-4/h6-13H,5H2,1,3-4H3. The highest BCUT2D eigenvalue weighted by Gasteiger charge is 2.27. The zero-order valence-corrected chi connectivity index (χ0v) is 17.2. The van der Waals surface area contributed by atoms with E-state index >= 15 is 0 Å². The maximum absolute atomic E-state index is 12.6. The molecule has 1 heterocycles. The molecule has 29 heavy (non-hydrogen) atoms. The molecule has 0 N–H and O–H groups in total. The van der Waals surface area contributed by atoms with Crippen LogP contribution < -0.4 is 0 Å². The summed E-state index contributed by atoms with van der Waals surface area (Å²) in [5.74, 6) is -0.548. The number of nitriles is 1. The summed E-state index contributed by atoms with van der Waals surface area (Å²) in [6.07, 6.45) is 2.04. The predicted molar refractivity (Wildman–Crippen MR) is 115 cm³/mol. The fraction of sp³-hybridized carbons (Fsp3) is 0.174. The highest BCUT2D eigenvalue weighted by molar-refractivity contribution is 7.98. The highest BCUT2D eigenvalue weighted by atomic mass is 32.2. The predicted octanol–water partition coefficient (Wildman–Crippen LogP) is 5.68. The number of benzene rings is 2. The van der Waals surface area contributed by atoms with Crippen LogP contribution in [0, 0.1) is 17.9 Å². The minimum atomic E-state index is -0.548. The average molecular weight is 401 g/mol. The molecule has 0 radical (unpaired) electrons. The molecule has 2 aromatic carbocycles. The first-order valence-electron chi connectivity index (χ1n) is 8.98. The van der Waals surface area contributed by atoms with E-state index in [2.05, 4.69) is 17.0 Å². The Balaban J connectivity index is 2.17. The van der Waals surface area contributed by atoms with Crippen molar-refractivity contribution in [3.05, 3.63) is 71.3 Å². The van der Waals surface area contributed by atoms with Gasteiger partial charge in [-0.15, -0.1) is 11.8 Å². The molecule has 0 aliphatic carbocycles. The van der Waals surface area contributed by atoms with Gasteiger partial charge >= 0.3 is 5.97 Å². The SMILES string of the molecule is [C-]#[N+]c1c(-c2ccc(-c3ccccc3SC)cc2)c(C(=O)OCC)n(C)c1C#N. The molecule has 0 bridgehead atoms. The Bertz CT molecular complexity index is 1150. The van der Waals surface area contributed by atoms with E-state index in [1.54, 1.807) is 25.7 Å². The van der Waals surface area contributed by atoms with Crippen LogP contribution in [0.1, 0.15) is 23.1 Å². The van der Waals surface area contributed by atoms with Crippen LogP contribution in [0.2, 0.25) is 0 Å². The summed E-state index contributed by atoms with van der Waals surface area (Å²) in [6, 6.07) is 17.8. The molecule has 0 amide bonds. The maximum Gasteiger partial charge on any atom is 0.354 e. The van der Waals surface area contributed by atoms with Gasteiger partial charge in [0.15, 0.2) is 0 Å². The highest BCUT2D eigenvalue weighted by Crippen LogP contribution is 2.40. The lowest BCUT2D eigenvalue weighted by molar-refractivity contribution is 0.0516. The van der Waals surface area contributed by atoms with Crippen LogP contribution in [0.3, 0.4) is 0 Å². The second-order valence-corrected chi connectivity index (χ2v) is 7.05. The van der Waals surface area contributed by atoms with Crippen molar-refractivity contribution in [2.45, 2.75) is 11.8 Å². The zero-order chi connectivity index (χ0) is 21.0. The third kappa shape index (κ3) is 3.63. The molecule has 0 atom stereocenters. The van der Waals surface area contributed by atoms with Gasteiger partial charge in [-0.05, 0) is 35.9 Å². The smallest absolute Gasteiger partial charge is 0.354 e. The van der Waals surface area contributed by atoms with Crippen molar-refractivity contribution in [3.8, 4) is 28.3 Å². The topological polar surface area (TPSA) is 59.4 Å². The Labute approximate surface area is 174 Å². The third-order valence-electron chi connectivity index (χ3n) is 4.65. The first-order valence-corrected chi connectivity index (χ1v) is 10.2. The van der Waals surface area contributed by atoms with Gasteiger partial charge < -0.3 is 9.30 Å². The van der Waals surface area contributed by atoms with Crippen molar-refractivity contribution in [2.24, 2.45) is 7.05 Å². The molecule has 3 aromatic rings. The fourth-order valence-electron chi connectivity index (χ4n) is 3.32. The molecule has 5 nitrogen and oxygen atoms in total. The lowest BCUT2D eigenvalue weighted by Gasteiger charge is -2.10. The molecule has 0 aliphatic heterocycles. The van der Waals surface area contributed by atoms with E-state index in [9.17, 15) is 10.1 Å². The molecule has 3 rings (SSSR count). The second kappa shape index (κ2) is 8.68. The zero-order valence-electron chi connectivity index (χ0n) is 16.4. The minimum Gasteiger partial charge on any atom is -0.461 e. The molecule has 0 saturated carbocycles. The summed E-state index contributed by atoms with van der Waals surface area (Å²) in [6.45, 7) is 9.50. The maximum atomic E-state index is 12.6. The van der Waals surface area contributed by atoms with Crippen LogP contribution in [-0.2, 0) is 11.8 Å². The van der Waals surface area contributed by atoms with E-state index in [0.29, 0.717) is 11.1 Å². The van der Waals surface area contributed by atoms with Gasteiger partial charge in [0.1, 0.15) is 17.5 Å². The van der Waals surface area contributed by atoms with Crippen LogP contribution in [0.4, 0.5) is 5.69 Å². The summed E-state index contributed by atoms with van der Waals surface area (Å²) in [5.41, 5.74) is 3.81. The summed E-state index contributed by atoms with van der Waals surface area (Å²) in [7, 11) is 1.60. The molecule has 0 saturated heterocycles. The van der Waals surface area contributed by atoms with E-state index in [1.165, 1.54) is 9.46 Å². The largest absolute Gasteiger partial charge is 0.461 e. The van der Waals surface area contributed by atoms with Crippen molar-refractivity contribution < 1.29 is 9.53 Å². The van der Waals surface area contributed by atoms with Gasteiger partial charge in [0.05, 0.1) is 13.2 Å². The molecule has 0 unspecified atom stereocenters. The monoisotopic (exact) mass is 401 g/mol. The molecule has 0 fully saturated rings. The number of carbonyl (C=O) groups is 1. The number of hydrogen-bond acceptors (Lipinski definition) is 4. The molecule has 1 aromatic heterocycles. The second-order valence-electron chi connectivity index (χ2n) is 6.20. The minimum absolute atomic E-state index is 0.148. The number of rotatable bonds is 5. The molecule has 0 spiro atoms. The number of thioether (sulfide) groups is 1. The average Bonchev–Trinajstić information content (AvgIpc) is 3.05. The number of nitrogens with zero attached hydrogens (tertiary/aromatic N) is 3. The first-order chi connectivity index (χ1) is 14.1. The Morgan fingerprint density at radius 1 is 1.21 bits per heavy atom. The summed E-state index contributed by atoms with van der Waals surface area (Å²) in [5, 5.41) is 9.51.